The summed E-state index contributed by atoms with van der Waals surface area (Å²) < 4.78 is 24.5. The summed E-state index contributed by atoms with van der Waals surface area (Å²) in [6.45, 7) is 2.74. The van der Waals surface area contributed by atoms with Crippen LogP contribution in [0.2, 0.25) is 10.0 Å². The molecule has 6 aromatic rings. The lowest BCUT2D eigenvalue weighted by molar-refractivity contribution is -0.163. The summed E-state index contributed by atoms with van der Waals surface area (Å²) >= 11 is 12.4. The normalized spacial score (nSPS) is 13.4. The summed E-state index contributed by atoms with van der Waals surface area (Å²) in [5, 5.41) is 46.2. The number of hydrogen-bond donors (Lipinski definition) is 3. The van der Waals surface area contributed by atoms with Gasteiger partial charge in [0.25, 0.3) is 11.1 Å². The van der Waals surface area contributed by atoms with Crippen LogP contribution in [0.5, 0.6) is 11.5 Å². The highest BCUT2D eigenvalue weighted by Gasteiger charge is 2.16. The smallest absolute Gasteiger partial charge is 0.274 e. The number of halogens is 2. The highest BCUT2D eigenvalue weighted by molar-refractivity contribution is 6.32. The van der Waals surface area contributed by atoms with Gasteiger partial charge in [-0.25, -0.2) is 9.36 Å². The SMILES string of the molecule is COc1ccc(CNc2nn(CCCO)c(=O)c3ccc(C#N)cc23)cc1Cl.COc1ccc(CNc2nn(CCCOC3CCCCO3)c(=O)c3ccc(C#N)cc23)cc1Cl. The van der Waals surface area contributed by atoms with Crippen molar-refractivity contribution in [3.8, 4) is 23.6 Å². The fourth-order valence-electron chi connectivity index (χ4n) is 6.78. The van der Waals surface area contributed by atoms with Gasteiger partial charge in [-0.2, -0.15) is 20.7 Å². The lowest BCUT2D eigenvalue weighted by Gasteiger charge is -2.22. The molecule has 4 aromatic carbocycles. The summed E-state index contributed by atoms with van der Waals surface area (Å²) in [6.07, 6.45) is 3.97. The fourth-order valence-corrected chi connectivity index (χ4v) is 7.34. The van der Waals surface area contributed by atoms with Crippen molar-refractivity contribution in [2.45, 2.75) is 64.6 Å². The Morgan fingerprint density at radius 2 is 1.26 bits per heavy atom. The van der Waals surface area contributed by atoms with Crippen molar-refractivity contribution < 1.29 is 24.1 Å². The van der Waals surface area contributed by atoms with E-state index in [0.717, 1.165) is 37.0 Å². The number of fused-ring (bicyclic) bond motifs is 2. The molecule has 1 unspecified atom stereocenters. The Morgan fingerprint density at radius 3 is 1.69 bits per heavy atom. The van der Waals surface area contributed by atoms with Crippen LogP contribution in [-0.2, 0) is 35.7 Å². The van der Waals surface area contributed by atoms with Gasteiger partial charge in [-0.3, -0.25) is 9.59 Å². The van der Waals surface area contributed by atoms with Crippen molar-refractivity contribution in [1.29, 1.82) is 10.5 Å². The van der Waals surface area contributed by atoms with Gasteiger partial charge >= 0.3 is 0 Å². The Morgan fingerprint density at radius 1 is 0.742 bits per heavy atom. The van der Waals surface area contributed by atoms with E-state index in [1.165, 1.54) is 9.36 Å². The summed E-state index contributed by atoms with van der Waals surface area (Å²) in [4.78, 5) is 25.7. The van der Waals surface area contributed by atoms with Crippen LogP contribution in [0.25, 0.3) is 21.5 Å². The van der Waals surface area contributed by atoms with Crippen molar-refractivity contribution in [3.63, 3.8) is 0 Å². The number of aliphatic hydroxyl groups is 1. The number of methoxy groups -OCH3 is 2. The van der Waals surface area contributed by atoms with Gasteiger partial charge in [0.15, 0.2) is 17.9 Å². The number of aryl methyl sites for hydroxylation is 2. The van der Waals surface area contributed by atoms with Crippen LogP contribution in [0.15, 0.2) is 82.4 Å². The number of aliphatic hydroxyl groups excluding tert-OH is 1. The first kappa shape index (κ1) is 45.3. The average molecular weight is 882 g/mol. The van der Waals surface area contributed by atoms with Crippen molar-refractivity contribution in [2.24, 2.45) is 0 Å². The maximum atomic E-state index is 13.1. The van der Waals surface area contributed by atoms with Gasteiger partial charge in [0, 0.05) is 50.2 Å². The quantitative estimate of drug-likeness (QED) is 0.0814. The standard InChI is InChI=1S/C25H27ClN4O4.C20H19ClN4O3/c1-32-22-9-7-18(14-21(22)26)16-28-24-20-13-17(15-27)6-8-19(20)25(31)30(29-24)10-4-12-34-23-5-2-3-11-33-23;1-28-18-6-4-14(10-17(18)21)12-23-19-16-9-13(11-22)3-5-15(16)20(27)25(24-19)7-2-8-26/h6-9,13-14,23H,2-5,10-12,16H2,1H3,(H,28,29);3-6,9-10,26H,2,7-8,12H2,1H3,(H,23,24). The number of aromatic nitrogens is 4. The Hall–Kier alpha value is -6.20. The first-order valence-corrected chi connectivity index (χ1v) is 20.8. The molecule has 7 rings (SSSR count). The number of benzene rings is 4. The molecule has 3 heterocycles. The van der Waals surface area contributed by atoms with Gasteiger partial charge in [-0.1, -0.05) is 35.3 Å². The molecule has 17 heteroatoms. The molecule has 1 fully saturated rings. The van der Waals surface area contributed by atoms with Crippen LogP contribution in [-0.4, -0.2) is 65.0 Å². The molecule has 1 atom stereocenters. The molecule has 1 aliphatic rings. The zero-order chi connectivity index (χ0) is 44.0. The number of nitriles is 2. The number of nitrogens with zero attached hydrogens (tertiary/aromatic N) is 6. The molecular weight excluding hydrogens is 835 g/mol. The molecule has 0 radical (unpaired) electrons. The Kier molecular flexibility index (Phi) is 16.1. The number of nitrogens with one attached hydrogen (secondary N) is 2. The minimum Gasteiger partial charge on any atom is -0.495 e. The fraction of sp³-hybridized carbons (Fsp3) is 0.333. The Bertz CT molecular complexity index is 2720. The van der Waals surface area contributed by atoms with E-state index in [2.05, 4.69) is 33.0 Å². The molecule has 15 nitrogen and oxygen atoms in total. The second-order valence-electron chi connectivity index (χ2n) is 14.2. The van der Waals surface area contributed by atoms with Crippen LogP contribution in [0.4, 0.5) is 11.6 Å². The molecule has 0 spiro atoms. The summed E-state index contributed by atoms with van der Waals surface area (Å²) in [6, 6.07) is 25.0. The molecule has 2 aromatic heterocycles. The molecule has 1 saturated heterocycles. The molecule has 0 amide bonds. The first-order chi connectivity index (χ1) is 30.2. The van der Waals surface area contributed by atoms with Gasteiger partial charge in [-0.05, 0) is 104 Å². The predicted octanol–water partition coefficient (Wildman–Crippen LogP) is 7.40. The van der Waals surface area contributed by atoms with Gasteiger partial charge in [0.2, 0.25) is 0 Å². The minimum atomic E-state index is -0.258. The lowest BCUT2D eigenvalue weighted by Crippen LogP contribution is -2.26. The maximum Gasteiger partial charge on any atom is 0.274 e. The van der Waals surface area contributed by atoms with Crippen LogP contribution in [0.1, 0.15) is 54.4 Å². The highest BCUT2D eigenvalue weighted by Crippen LogP contribution is 2.28. The average Bonchev–Trinajstić information content (AvgIpc) is 3.30. The van der Waals surface area contributed by atoms with Gasteiger partial charge in [0.1, 0.15) is 11.5 Å². The van der Waals surface area contributed by atoms with E-state index in [4.69, 9.17) is 47.3 Å². The summed E-state index contributed by atoms with van der Waals surface area (Å²) in [5.41, 5.74) is 2.28. The highest BCUT2D eigenvalue weighted by atomic mass is 35.5. The summed E-state index contributed by atoms with van der Waals surface area (Å²) in [7, 11) is 3.12. The van der Waals surface area contributed by atoms with E-state index in [9.17, 15) is 20.1 Å². The molecule has 0 saturated carbocycles. The van der Waals surface area contributed by atoms with E-state index in [-0.39, 0.29) is 24.0 Å². The molecule has 1 aliphatic heterocycles. The topological polar surface area (TPSA) is 199 Å². The van der Waals surface area contributed by atoms with Crippen LogP contribution in [0, 0.1) is 22.7 Å². The lowest BCUT2D eigenvalue weighted by atomic mass is 10.1. The minimum absolute atomic E-state index is 0.0351. The number of ether oxygens (including phenoxy) is 4. The van der Waals surface area contributed by atoms with Gasteiger partial charge < -0.3 is 34.7 Å². The molecule has 62 heavy (non-hydrogen) atoms. The van der Waals surface area contributed by atoms with Crippen molar-refractivity contribution in [2.75, 3.05) is 44.7 Å². The summed E-state index contributed by atoms with van der Waals surface area (Å²) in [5.74, 6) is 2.19. The van der Waals surface area contributed by atoms with Crippen LogP contribution < -0.4 is 31.2 Å². The van der Waals surface area contributed by atoms with Crippen molar-refractivity contribution in [3.05, 3.63) is 126 Å². The molecule has 3 N–H and O–H groups in total. The third-order valence-electron chi connectivity index (χ3n) is 10.0. The van der Waals surface area contributed by atoms with Crippen LogP contribution in [0.3, 0.4) is 0 Å². The number of hydrogen-bond acceptors (Lipinski definition) is 13. The zero-order valence-electron chi connectivity index (χ0n) is 34.3. The second-order valence-corrected chi connectivity index (χ2v) is 15.1. The molecule has 322 valence electrons. The first-order valence-electron chi connectivity index (χ1n) is 20.0. The Balaban J connectivity index is 0.000000211. The van der Waals surface area contributed by atoms with E-state index in [1.54, 1.807) is 68.8 Å². The maximum absolute atomic E-state index is 13.1. The number of rotatable bonds is 16. The van der Waals surface area contributed by atoms with Gasteiger partial charge in [0.05, 0.1) is 64.9 Å². The molecule has 0 aliphatic carbocycles. The van der Waals surface area contributed by atoms with Crippen LogP contribution >= 0.6 is 23.2 Å². The molecular formula is C45H46Cl2N8O7. The van der Waals surface area contributed by atoms with E-state index in [1.807, 2.05) is 18.2 Å². The second kappa shape index (κ2) is 22.1. The van der Waals surface area contributed by atoms with Gasteiger partial charge in [-0.15, -0.1) is 0 Å². The molecule has 0 bridgehead atoms. The van der Waals surface area contributed by atoms with Crippen molar-refractivity contribution >= 4 is 56.4 Å². The third-order valence-corrected chi connectivity index (χ3v) is 10.6. The number of anilines is 2. The van der Waals surface area contributed by atoms with E-state index >= 15 is 0 Å². The largest absolute Gasteiger partial charge is 0.495 e. The third kappa shape index (κ3) is 11.4. The Labute approximate surface area is 367 Å². The zero-order valence-corrected chi connectivity index (χ0v) is 35.8. The predicted molar refractivity (Wildman–Crippen MR) is 238 cm³/mol. The monoisotopic (exact) mass is 880 g/mol. The van der Waals surface area contributed by atoms with E-state index in [0.29, 0.717) is 111 Å². The van der Waals surface area contributed by atoms with E-state index < -0.39 is 0 Å². The van der Waals surface area contributed by atoms with Crippen molar-refractivity contribution in [1.82, 2.24) is 19.6 Å².